The minimum atomic E-state index is -0.630. The predicted molar refractivity (Wildman–Crippen MR) is 77.6 cm³/mol. The number of ether oxygens (including phenoxy) is 1. The summed E-state index contributed by atoms with van der Waals surface area (Å²) in [6, 6.07) is 9.62. The lowest BCUT2D eigenvalue weighted by atomic mass is 10.1. The number of rotatable bonds is 4. The number of pyridine rings is 1. The molecule has 6 heteroatoms. The molecular formula is C15H16N4O2. The molecule has 21 heavy (non-hydrogen) atoms. The molecule has 0 radical (unpaired) electrons. The molecule has 2 N–H and O–H groups in total. The molecule has 2 aromatic heterocycles. The van der Waals surface area contributed by atoms with E-state index >= 15 is 0 Å². The van der Waals surface area contributed by atoms with Gasteiger partial charge in [0.25, 0.3) is 5.89 Å². The lowest BCUT2D eigenvalue weighted by molar-refractivity contribution is 0.242. The van der Waals surface area contributed by atoms with Gasteiger partial charge in [0.1, 0.15) is 5.75 Å². The van der Waals surface area contributed by atoms with Crippen molar-refractivity contribution in [2.75, 3.05) is 0 Å². The normalized spacial score (nSPS) is 11.8. The first-order valence-corrected chi connectivity index (χ1v) is 6.62. The number of fused-ring (bicyclic) bond motifs is 1. The van der Waals surface area contributed by atoms with Crippen LogP contribution in [0, 0.1) is 0 Å². The Balaban J connectivity index is 1.73. The molecule has 0 unspecified atom stereocenters. The fourth-order valence-corrected chi connectivity index (χ4v) is 1.86. The van der Waals surface area contributed by atoms with Gasteiger partial charge in [-0.25, -0.2) is 0 Å². The molecule has 0 aliphatic carbocycles. The zero-order chi connectivity index (χ0) is 14.9. The molecule has 0 aliphatic rings. The topological polar surface area (TPSA) is 87.1 Å². The van der Waals surface area contributed by atoms with Gasteiger partial charge in [0.15, 0.2) is 12.4 Å². The van der Waals surface area contributed by atoms with Crippen LogP contribution in [0.4, 0.5) is 0 Å². The second-order valence-electron chi connectivity index (χ2n) is 5.38. The second kappa shape index (κ2) is 5.14. The zero-order valence-electron chi connectivity index (χ0n) is 11.9. The summed E-state index contributed by atoms with van der Waals surface area (Å²) in [5.74, 6) is 1.55. The standard InChI is InChI=1S/C15H16N4O2/c1-15(2,16)14-18-13(21-19-14)9-20-11-6-5-10-4-3-7-17-12(10)8-11/h3-8H,9,16H2,1-2H3. The average molecular weight is 284 g/mol. The number of nitrogens with two attached hydrogens (primary N) is 1. The average Bonchev–Trinajstić information content (AvgIpc) is 2.94. The Morgan fingerprint density at radius 1 is 1.29 bits per heavy atom. The van der Waals surface area contributed by atoms with Crippen LogP contribution < -0.4 is 10.5 Å². The minimum Gasteiger partial charge on any atom is -0.484 e. The van der Waals surface area contributed by atoms with Gasteiger partial charge in [-0.05, 0) is 32.0 Å². The lowest BCUT2D eigenvalue weighted by Crippen LogP contribution is -2.30. The predicted octanol–water partition coefficient (Wildman–Crippen LogP) is 2.39. The Labute approximate surface area is 121 Å². The highest BCUT2D eigenvalue weighted by atomic mass is 16.5. The van der Waals surface area contributed by atoms with Gasteiger partial charge in [0.2, 0.25) is 0 Å². The van der Waals surface area contributed by atoms with Gasteiger partial charge in [-0.2, -0.15) is 4.98 Å². The van der Waals surface area contributed by atoms with E-state index in [1.807, 2.05) is 44.2 Å². The van der Waals surface area contributed by atoms with Crippen molar-refractivity contribution in [3.8, 4) is 5.75 Å². The molecule has 0 bridgehead atoms. The van der Waals surface area contributed by atoms with Gasteiger partial charge < -0.3 is 15.0 Å². The summed E-state index contributed by atoms with van der Waals surface area (Å²) in [7, 11) is 0. The minimum absolute atomic E-state index is 0.196. The van der Waals surface area contributed by atoms with Gasteiger partial charge in [0, 0.05) is 17.6 Å². The molecular weight excluding hydrogens is 268 g/mol. The number of aromatic nitrogens is 3. The van der Waals surface area contributed by atoms with Gasteiger partial charge in [-0.1, -0.05) is 11.2 Å². The van der Waals surface area contributed by atoms with Gasteiger partial charge in [-0.15, -0.1) is 0 Å². The highest BCUT2D eigenvalue weighted by Crippen LogP contribution is 2.20. The first kappa shape index (κ1) is 13.5. The molecule has 0 saturated carbocycles. The van der Waals surface area contributed by atoms with Crippen LogP contribution in [-0.4, -0.2) is 15.1 Å². The highest BCUT2D eigenvalue weighted by Gasteiger charge is 2.21. The molecule has 2 heterocycles. The van der Waals surface area contributed by atoms with Gasteiger partial charge in [-0.3, -0.25) is 4.98 Å². The maximum absolute atomic E-state index is 5.91. The SMILES string of the molecule is CC(C)(N)c1noc(COc2ccc3cccnc3c2)n1. The Bertz CT molecular complexity index is 761. The summed E-state index contributed by atoms with van der Waals surface area (Å²) in [5.41, 5.74) is 6.15. The van der Waals surface area contributed by atoms with E-state index in [2.05, 4.69) is 15.1 Å². The van der Waals surface area contributed by atoms with Crippen LogP contribution in [0.3, 0.4) is 0 Å². The molecule has 3 aromatic rings. The third kappa shape index (κ3) is 3.00. The van der Waals surface area contributed by atoms with Crippen LogP contribution in [-0.2, 0) is 12.1 Å². The highest BCUT2D eigenvalue weighted by molar-refractivity contribution is 5.79. The van der Waals surface area contributed by atoms with Crippen molar-refractivity contribution in [1.82, 2.24) is 15.1 Å². The fraction of sp³-hybridized carbons (Fsp3) is 0.267. The molecule has 0 atom stereocenters. The summed E-state index contributed by atoms with van der Waals surface area (Å²) in [6.45, 7) is 3.83. The third-order valence-corrected chi connectivity index (χ3v) is 2.98. The third-order valence-electron chi connectivity index (χ3n) is 2.98. The van der Waals surface area contributed by atoms with Gasteiger partial charge in [0.05, 0.1) is 11.1 Å². The van der Waals surface area contributed by atoms with Crippen molar-refractivity contribution in [1.29, 1.82) is 0 Å². The van der Waals surface area contributed by atoms with Crippen molar-refractivity contribution in [2.24, 2.45) is 5.73 Å². The lowest BCUT2D eigenvalue weighted by Gasteiger charge is -2.11. The van der Waals surface area contributed by atoms with Crippen molar-refractivity contribution in [2.45, 2.75) is 26.0 Å². The van der Waals surface area contributed by atoms with E-state index in [-0.39, 0.29) is 6.61 Å². The molecule has 1 aromatic carbocycles. The molecule has 0 saturated heterocycles. The van der Waals surface area contributed by atoms with Crippen molar-refractivity contribution < 1.29 is 9.26 Å². The van der Waals surface area contributed by atoms with Crippen molar-refractivity contribution >= 4 is 10.9 Å². The second-order valence-corrected chi connectivity index (χ2v) is 5.38. The molecule has 0 fully saturated rings. The molecule has 0 spiro atoms. The summed E-state index contributed by atoms with van der Waals surface area (Å²) < 4.78 is 10.8. The number of benzene rings is 1. The van der Waals surface area contributed by atoms with Crippen LogP contribution in [0.2, 0.25) is 0 Å². The number of hydrogen-bond acceptors (Lipinski definition) is 6. The maximum Gasteiger partial charge on any atom is 0.264 e. The van der Waals surface area contributed by atoms with Crippen LogP contribution in [0.15, 0.2) is 41.1 Å². The van der Waals surface area contributed by atoms with E-state index < -0.39 is 5.54 Å². The smallest absolute Gasteiger partial charge is 0.264 e. The van der Waals surface area contributed by atoms with Crippen LogP contribution in [0.5, 0.6) is 5.75 Å². The summed E-state index contributed by atoms with van der Waals surface area (Å²) >= 11 is 0. The molecule has 108 valence electrons. The maximum atomic E-state index is 5.91. The summed E-state index contributed by atoms with van der Waals surface area (Å²) in [4.78, 5) is 8.50. The largest absolute Gasteiger partial charge is 0.484 e. The first-order valence-electron chi connectivity index (χ1n) is 6.62. The Kier molecular flexibility index (Phi) is 3.31. The van der Waals surface area contributed by atoms with Crippen molar-refractivity contribution in [3.63, 3.8) is 0 Å². The van der Waals surface area contributed by atoms with Crippen LogP contribution in [0.25, 0.3) is 10.9 Å². The van der Waals surface area contributed by atoms with E-state index in [1.165, 1.54) is 0 Å². The Morgan fingerprint density at radius 2 is 2.14 bits per heavy atom. The zero-order valence-corrected chi connectivity index (χ0v) is 11.9. The number of hydrogen-bond donors (Lipinski definition) is 1. The molecule has 3 rings (SSSR count). The van der Waals surface area contributed by atoms with E-state index in [0.29, 0.717) is 17.5 Å². The van der Waals surface area contributed by atoms with E-state index in [0.717, 1.165) is 10.9 Å². The Morgan fingerprint density at radius 3 is 2.90 bits per heavy atom. The number of nitrogens with zero attached hydrogens (tertiary/aromatic N) is 3. The van der Waals surface area contributed by atoms with E-state index in [9.17, 15) is 0 Å². The first-order chi connectivity index (χ1) is 10.0. The monoisotopic (exact) mass is 284 g/mol. The quantitative estimate of drug-likeness (QED) is 0.791. The van der Waals surface area contributed by atoms with E-state index in [4.69, 9.17) is 15.0 Å². The van der Waals surface area contributed by atoms with Crippen LogP contribution in [0.1, 0.15) is 25.6 Å². The van der Waals surface area contributed by atoms with Crippen molar-refractivity contribution in [3.05, 3.63) is 48.2 Å². The fourth-order valence-electron chi connectivity index (χ4n) is 1.86. The summed E-state index contributed by atoms with van der Waals surface area (Å²) in [6.07, 6.45) is 1.75. The molecule has 0 amide bonds. The van der Waals surface area contributed by atoms with E-state index in [1.54, 1.807) is 6.20 Å². The molecule has 6 nitrogen and oxygen atoms in total. The Hall–Kier alpha value is -2.47. The summed E-state index contributed by atoms with van der Waals surface area (Å²) in [5, 5.41) is 4.91. The van der Waals surface area contributed by atoms with Gasteiger partial charge >= 0.3 is 0 Å². The van der Waals surface area contributed by atoms with Crippen LogP contribution >= 0.6 is 0 Å². The molecule has 0 aliphatic heterocycles.